The Kier molecular flexibility index (Phi) is 4.21. The molecule has 1 saturated carbocycles. The van der Waals surface area contributed by atoms with Gasteiger partial charge in [-0.25, -0.2) is 0 Å². The van der Waals surface area contributed by atoms with E-state index in [1.807, 2.05) is 24.3 Å². The number of carbonyl (C=O) groups excluding carboxylic acids is 1. The summed E-state index contributed by atoms with van der Waals surface area (Å²) in [6, 6.07) is 9.46. The predicted octanol–water partition coefficient (Wildman–Crippen LogP) is 2.42. The number of nitrogens with zero attached hydrogens (tertiary/aromatic N) is 1. The molecular weight excluding hydrogens is 294 g/mol. The number of amides is 1. The van der Waals surface area contributed by atoms with Crippen molar-refractivity contribution in [2.45, 2.75) is 31.3 Å². The number of carbonyl (C=O) groups is 1. The van der Waals surface area contributed by atoms with Gasteiger partial charge in [-0.15, -0.1) is 0 Å². The number of benzene rings is 1. The number of nitrogens with one attached hydrogen (secondary N) is 2. The van der Waals surface area contributed by atoms with Gasteiger partial charge < -0.3 is 10.6 Å². The fourth-order valence-electron chi connectivity index (χ4n) is 1.58. The van der Waals surface area contributed by atoms with Crippen molar-refractivity contribution in [3.63, 3.8) is 0 Å². The van der Waals surface area contributed by atoms with Crippen LogP contribution >= 0.6 is 15.9 Å². The number of anilines is 1. The van der Waals surface area contributed by atoms with Crippen molar-refractivity contribution in [3.05, 3.63) is 28.7 Å². The molecule has 0 radical (unpaired) electrons. The summed E-state index contributed by atoms with van der Waals surface area (Å²) in [6.45, 7) is 0. The summed E-state index contributed by atoms with van der Waals surface area (Å²) in [5.41, 5.74) is 0.837. The first kappa shape index (κ1) is 12.9. The quantitative estimate of drug-likeness (QED) is 0.878. The maximum absolute atomic E-state index is 11.6. The Balaban J connectivity index is 1.86. The Hall–Kier alpha value is -1.54. The third-order valence-electron chi connectivity index (χ3n) is 2.67. The number of hydrogen-bond acceptors (Lipinski definition) is 3. The van der Waals surface area contributed by atoms with Gasteiger partial charge in [-0.1, -0.05) is 15.9 Å². The SMILES string of the molecule is N#CC(CC(=O)NC1CC1)Nc1ccc(Br)cc1. The van der Waals surface area contributed by atoms with E-state index in [2.05, 4.69) is 32.6 Å². The maximum atomic E-state index is 11.6. The van der Waals surface area contributed by atoms with Crippen molar-refractivity contribution in [2.24, 2.45) is 0 Å². The van der Waals surface area contributed by atoms with Crippen LogP contribution in [0.1, 0.15) is 19.3 Å². The van der Waals surface area contributed by atoms with Crippen LogP contribution in [0.15, 0.2) is 28.7 Å². The average Bonchev–Trinajstić information content (AvgIpc) is 3.15. The molecule has 0 heterocycles. The van der Waals surface area contributed by atoms with Crippen LogP contribution in [-0.4, -0.2) is 18.0 Å². The van der Waals surface area contributed by atoms with Gasteiger partial charge in [0.15, 0.2) is 0 Å². The highest BCUT2D eigenvalue weighted by molar-refractivity contribution is 9.10. The first-order valence-electron chi connectivity index (χ1n) is 5.88. The zero-order chi connectivity index (χ0) is 13.0. The van der Waals surface area contributed by atoms with Crippen molar-refractivity contribution in [3.8, 4) is 6.07 Å². The highest BCUT2D eigenvalue weighted by Crippen LogP contribution is 2.19. The van der Waals surface area contributed by atoms with E-state index in [0.717, 1.165) is 23.0 Å². The van der Waals surface area contributed by atoms with Gasteiger partial charge in [0.25, 0.3) is 0 Å². The molecule has 0 aliphatic heterocycles. The topological polar surface area (TPSA) is 64.9 Å². The Bertz CT molecular complexity index is 462. The molecule has 1 aromatic rings. The zero-order valence-electron chi connectivity index (χ0n) is 9.82. The first-order valence-corrected chi connectivity index (χ1v) is 6.68. The molecule has 1 aliphatic carbocycles. The fourth-order valence-corrected chi connectivity index (χ4v) is 1.84. The Morgan fingerprint density at radius 1 is 1.44 bits per heavy atom. The lowest BCUT2D eigenvalue weighted by Crippen LogP contribution is -2.31. The van der Waals surface area contributed by atoms with Crippen LogP contribution in [0.5, 0.6) is 0 Å². The molecular formula is C13H14BrN3O. The lowest BCUT2D eigenvalue weighted by molar-refractivity contribution is -0.121. The summed E-state index contributed by atoms with van der Waals surface area (Å²) in [6.07, 6.45) is 2.30. The van der Waals surface area contributed by atoms with Crippen molar-refractivity contribution in [2.75, 3.05) is 5.32 Å². The molecule has 1 aromatic carbocycles. The van der Waals surface area contributed by atoms with Crippen LogP contribution in [0.3, 0.4) is 0 Å². The number of halogens is 1. The summed E-state index contributed by atoms with van der Waals surface area (Å²) in [4.78, 5) is 11.6. The molecule has 0 spiro atoms. The molecule has 0 bridgehead atoms. The van der Waals surface area contributed by atoms with E-state index in [1.165, 1.54) is 0 Å². The van der Waals surface area contributed by atoms with Gasteiger partial charge >= 0.3 is 0 Å². The third kappa shape index (κ3) is 4.04. The summed E-state index contributed by atoms with van der Waals surface area (Å²) in [5.74, 6) is -0.0614. The molecule has 1 atom stereocenters. The molecule has 5 heteroatoms. The molecule has 2 N–H and O–H groups in total. The third-order valence-corrected chi connectivity index (χ3v) is 3.20. The second kappa shape index (κ2) is 5.87. The van der Waals surface area contributed by atoms with Crippen molar-refractivity contribution in [1.82, 2.24) is 5.32 Å². The van der Waals surface area contributed by atoms with Gasteiger partial charge in [-0.3, -0.25) is 4.79 Å². The van der Waals surface area contributed by atoms with Gasteiger partial charge in [0, 0.05) is 16.2 Å². The van der Waals surface area contributed by atoms with Crippen LogP contribution < -0.4 is 10.6 Å². The van der Waals surface area contributed by atoms with E-state index >= 15 is 0 Å². The second-order valence-corrected chi connectivity index (χ2v) is 5.29. The second-order valence-electron chi connectivity index (χ2n) is 4.38. The van der Waals surface area contributed by atoms with Crippen LogP contribution in [0.2, 0.25) is 0 Å². The maximum Gasteiger partial charge on any atom is 0.223 e. The lowest BCUT2D eigenvalue weighted by Gasteiger charge is -2.12. The molecule has 2 rings (SSSR count). The molecule has 18 heavy (non-hydrogen) atoms. The summed E-state index contributed by atoms with van der Waals surface area (Å²) in [5, 5.41) is 15.0. The lowest BCUT2D eigenvalue weighted by atomic mass is 10.2. The van der Waals surface area contributed by atoms with Crippen molar-refractivity contribution >= 4 is 27.5 Å². The van der Waals surface area contributed by atoms with Gasteiger partial charge in [-0.05, 0) is 37.1 Å². The van der Waals surface area contributed by atoms with E-state index in [1.54, 1.807) is 0 Å². The molecule has 94 valence electrons. The number of rotatable bonds is 5. The van der Waals surface area contributed by atoms with Crippen LogP contribution in [0.4, 0.5) is 5.69 Å². The van der Waals surface area contributed by atoms with Gasteiger partial charge in [0.2, 0.25) is 5.91 Å². The smallest absolute Gasteiger partial charge is 0.223 e. The van der Waals surface area contributed by atoms with Crippen LogP contribution in [0, 0.1) is 11.3 Å². The molecule has 1 aliphatic rings. The highest BCUT2D eigenvalue weighted by Gasteiger charge is 2.24. The highest BCUT2D eigenvalue weighted by atomic mass is 79.9. The molecule has 1 amide bonds. The van der Waals surface area contributed by atoms with E-state index in [-0.39, 0.29) is 12.3 Å². The van der Waals surface area contributed by atoms with Gasteiger partial charge in [0.1, 0.15) is 6.04 Å². The molecule has 0 aromatic heterocycles. The minimum atomic E-state index is -0.495. The summed E-state index contributed by atoms with van der Waals surface area (Å²) >= 11 is 3.35. The molecule has 1 unspecified atom stereocenters. The van der Waals surface area contributed by atoms with E-state index in [9.17, 15) is 4.79 Å². The minimum absolute atomic E-state index is 0.0614. The van der Waals surface area contributed by atoms with Crippen molar-refractivity contribution in [1.29, 1.82) is 5.26 Å². The Morgan fingerprint density at radius 2 is 2.11 bits per heavy atom. The number of nitriles is 1. The van der Waals surface area contributed by atoms with Crippen LogP contribution in [-0.2, 0) is 4.79 Å². The largest absolute Gasteiger partial charge is 0.369 e. The van der Waals surface area contributed by atoms with E-state index in [0.29, 0.717) is 6.04 Å². The van der Waals surface area contributed by atoms with E-state index < -0.39 is 6.04 Å². The monoisotopic (exact) mass is 307 g/mol. The zero-order valence-corrected chi connectivity index (χ0v) is 11.4. The van der Waals surface area contributed by atoms with E-state index in [4.69, 9.17) is 5.26 Å². The summed E-state index contributed by atoms with van der Waals surface area (Å²) < 4.78 is 0.980. The molecule has 0 saturated heterocycles. The minimum Gasteiger partial charge on any atom is -0.369 e. The average molecular weight is 308 g/mol. The number of hydrogen-bond donors (Lipinski definition) is 2. The van der Waals surface area contributed by atoms with Crippen molar-refractivity contribution < 1.29 is 4.79 Å². The van der Waals surface area contributed by atoms with Gasteiger partial charge in [0.05, 0.1) is 12.5 Å². The van der Waals surface area contributed by atoms with Gasteiger partial charge in [-0.2, -0.15) is 5.26 Å². The summed E-state index contributed by atoms with van der Waals surface area (Å²) in [7, 11) is 0. The predicted molar refractivity (Wildman–Crippen MR) is 72.9 cm³/mol. The first-order chi connectivity index (χ1) is 8.67. The molecule has 4 nitrogen and oxygen atoms in total. The molecule has 1 fully saturated rings. The van der Waals surface area contributed by atoms with Crippen LogP contribution in [0.25, 0.3) is 0 Å². The standard InChI is InChI=1S/C13H14BrN3O/c14-9-1-3-10(4-2-9)16-12(8-15)7-13(18)17-11-5-6-11/h1-4,11-12,16H,5-7H2,(H,17,18). The fraction of sp³-hybridized carbons (Fsp3) is 0.385. The Morgan fingerprint density at radius 3 is 2.67 bits per heavy atom. The Labute approximate surface area is 115 Å². The normalized spacial score (nSPS) is 15.6.